The fraction of sp³-hybridized carbons (Fsp3) is 0.579. The highest BCUT2D eigenvalue weighted by molar-refractivity contribution is 5.88. The summed E-state index contributed by atoms with van der Waals surface area (Å²) in [7, 11) is 0. The zero-order valence-electron chi connectivity index (χ0n) is 14.6. The van der Waals surface area contributed by atoms with Crippen LogP contribution >= 0.6 is 12.4 Å². The molecule has 2 aliphatic rings. The van der Waals surface area contributed by atoms with Gasteiger partial charge in [0.25, 0.3) is 0 Å². The van der Waals surface area contributed by atoms with Gasteiger partial charge in [0.1, 0.15) is 0 Å². The molecule has 0 bridgehead atoms. The van der Waals surface area contributed by atoms with E-state index >= 15 is 0 Å². The molecule has 3 rings (SSSR count). The average molecular weight is 366 g/mol. The van der Waals surface area contributed by atoms with E-state index in [1.54, 1.807) is 0 Å². The van der Waals surface area contributed by atoms with Crippen molar-refractivity contribution in [1.29, 1.82) is 0 Å². The first kappa shape index (κ1) is 19.7. The number of nitrogens with zero attached hydrogens (tertiary/aromatic N) is 1. The number of rotatable bonds is 7. The molecule has 1 aromatic carbocycles. The van der Waals surface area contributed by atoms with Gasteiger partial charge in [-0.1, -0.05) is 36.8 Å². The molecule has 2 amide bonds. The number of halogens is 1. The smallest absolute Gasteiger partial charge is 0.240 e. The largest absolute Gasteiger partial charge is 0.356 e. The van der Waals surface area contributed by atoms with E-state index in [2.05, 4.69) is 22.8 Å². The first-order valence-corrected chi connectivity index (χ1v) is 9.05. The number of hydrogen-bond donors (Lipinski definition) is 2. The highest BCUT2D eigenvalue weighted by Gasteiger charge is 2.32. The van der Waals surface area contributed by atoms with Gasteiger partial charge in [0.05, 0.1) is 12.5 Å². The van der Waals surface area contributed by atoms with Gasteiger partial charge in [-0.25, -0.2) is 0 Å². The Balaban J connectivity index is 0.00000225. The second kappa shape index (κ2) is 9.78. The second-order valence-electron chi connectivity index (χ2n) is 6.88. The summed E-state index contributed by atoms with van der Waals surface area (Å²) < 4.78 is 0. The minimum absolute atomic E-state index is 0. The number of hydrogen-bond acceptors (Lipinski definition) is 3. The maximum atomic E-state index is 12.5. The van der Waals surface area contributed by atoms with Gasteiger partial charge in [0, 0.05) is 26.2 Å². The summed E-state index contributed by atoms with van der Waals surface area (Å²) in [6.45, 7) is 3.02. The van der Waals surface area contributed by atoms with E-state index in [0.717, 1.165) is 26.1 Å². The van der Waals surface area contributed by atoms with Gasteiger partial charge >= 0.3 is 0 Å². The zero-order valence-corrected chi connectivity index (χ0v) is 15.4. The molecule has 1 unspecified atom stereocenters. The molecular weight excluding hydrogens is 338 g/mol. The van der Waals surface area contributed by atoms with E-state index in [4.69, 9.17) is 0 Å². The summed E-state index contributed by atoms with van der Waals surface area (Å²) in [4.78, 5) is 26.6. The topological polar surface area (TPSA) is 61.4 Å². The van der Waals surface area contributed by atoms with E-state index in [0.29, 0.717) is 12.5 Å². The predicted molar refractivity (Wildman–Crippen MR) is 101 cm³/mol. The lowest BCUT2D eigenvalue weighted by Crippen LogP contribution is -2.57. The van der Waals surface area contributed by atoms with Crippen molar-refractivity contribution in [2.75, 3.05) is 26.2 Å². The summed E-state index contributed by atoms with van der Waals surface area (Å²) in [5, 5.41) is 6.12. The van der Waals surface area contributed by atoms with Crippen molar-refractivity contribution in [1.82, 2.24) is 15.5 Å². The standard InChI is InChI=1S/C19H27N3O2.ClH/c23-18(21-10-9-15-5-2-1-3-6-15)13-17-19(24)22(12-11-20-17)14-16-7-4-8-16;/h1-3,5-6,16-17,20H,4,7-14H2,(H,21,23);1H. The Morgan fingerprint density at radius 2 is 2.00 bits per heavy atom. The fourth-order valence-electron chi connectivity index (χ4n) is 3.37. The van der Waals surface area contributed by atoms with Crippen molar-refractivity contribution in [2.24, 2.45) is 5.92 Å². The lowest BCUT2D eigenvalue weighted by Gasteiger charge is -2.37. The first-order chi connectivity index (χ1) is 11.7. The van der Waals surface area contributed by atoms with Crippen LogP contribution in [0, 0.1) is 5.92 Å². The van der Waals surface area contributed by atoms with Crippen molar-refractivity contribution < 1.29 is 9.59 Å². The minimum Gasteiger partial charge on any atom is -0.356 e. The van der Waals surface area contributed by atoms with Gasteiger partial charge in [0.15, 0.2) is 0 Å². The van der Waals surface area contributed by atoms with Crippen LogP contribution in [-0.2, 0) is 16.0 Å². The van der Waals surface area contributed by atoms with Crippen molar-refractivity contribution in [3.05, 3.63) is 35.9 Å². The van der Waals surface area contributed by atoms with Crippen molar-refractivity contribution in [2.45, 2.75) is 38.1 Å². The van der Waals surface area contributed by atoms with Crippen LogP contribution < -0.4 is 10.6 Å². The summed E-state index contributed by atoms with van der Waals surface area (Å²) in [5.74, 6) is 0.709. The van der Waals surface area contributed by atoms with E-state index in [-0.39, 0.29) is 36.7 Å². The Morgan fingerprint density at radius 1 is 1.24 bits per heavy atom. The number of nitrogens with one attached hydrogen (secondary N) is 2. The first-order valence-electron chi connectivity index (χ1n) is 9.05. The van der Waals surface area contributed by atoms with E-state index in [1.165, 1.54) is 24.8 Å². The quantitative estimate of drug-likeness (QED) is 0.774. The monoisotopic (exact) mass is 365 g/mol. The third kappa shape index (κ3) is 5.72. The molecule has 2 fully saturated rings. The van der Waals surface area contributed by atoms with Crippen LogP contribution in [0.3, 0.4) is 0 Å². The Hall–Kier alpha value is -1.59. The number of amides is 2. The molecule has 6 heteroatoms. The lowest BCUT2D eigenvalue weighted by molar-refractivity contribution is -0.139. The molecule has 0 spiro atoms. The molecule has 0 radical (unpaired) electrons. The van der Waals surface area contributed by atoms with Gasteiger partial charge in [0.2, 0.25) is 11.8 Å². The minimum atomic E-state index is -0.365. The van der Waals surface area contributed by atoms with Crippen molar-refractivity contribution >= 4 is 24.2 Å². The highest BCUT2D eigenvalue weighted by Crippen LogP contribution is 2.27. The maximum absolute atomic E-state index is 12.5. The zero-order chi connectivity index (χ0) is 16.8. The fourth-order valence-corrected chi connectivity index (χ4v) is 3.37. The van der Waals surface area contributed by atoms with Crippen LogP contribution in [0.25, 0.3) is 0 Å². The van der Waals surface area contributed by atoms with Crippen LogP contribution in [0.1, 0.15) is 31.2 Å². The van der Waals surface area contributed by atoms with Gasteiger partial charge < -0.3 is 15.5 Å². The number of benzene rings is 1. The van der Waals surface area contributed by atoms with Crippen LogP contribution in [0.4, 0.5) is 0 Å². The van der Waals surface area contributed by atoms with Gasteiger partial charge in [-0.05, 0) is 30.7 Å². The van der Waals surface area contributed by atoms with Crippen molar-refractivity contribution in [3.63, 3.8) is 0 Å². The molecule has 1 saturated heterocycles. The highest BCUT2D eigenvalue weighted by atomic mass is 35.5. The second-order valence-corrected chi connectivity index (χ2v) is 6.88. The lowest BCUT2D eigenvalue weighted by atomic mass is 9.85. The molecule has 1 aliphatic carbocycles. The molecule has 1 heterocycles. The average Bonchev–Trinajstić information content (AvgIpc) is 2.55. The molecule has 1 aromatic rings. The molecule has 2 N–H and O–H groups in total. The van der Waals surface area contributed by atoms with E-state index in [1.807, 2.05) is 23.1 Å². The molecule has 25 heavy (non-hydrogen) atoms. The molecule has 1 aliphatic heterocycles. The third-order valence-corrected chi connectivity index (χ3v) is 5.05. The summed E-state index contributed by atoms with van der Waals surface area (Å²) >= 11 is 0. The number of piperazine rings is 1. The van der Waals surface area contributed by atoms with Crippen LogP contribution in [0.15, 0.2) is 30.3 Å². The maximum Gasteiger partial charge on any atom is 0.240 e. The molecule has 5 nitrogen and oxygen atoms in total. The van der Waals surface area contributed by atoms with Crippen molar-refractivity contribution in [3.8, 4) is 0 Å². The predicted octanol–water partition coefficient (Wildman–Crippen LogP) is 1.76. The Bertz CT molecular complexity index is 563. The van der Waals surface area contributed by atoms with E-state index < -0.39 is 0 Å². The molecule has 0 aromatic heterocycles. The van der Waals surface area contributed by atoms with Crippen LogP contribution in [0.5, 0.6) is 0 Å². The van der Waals surface area contributed by atoms with Gasteiger partial charge in [-0.2, -0.15) is 0 Å². The van der Waals surface area contributed by atoms with Gasteiger partial charge in [-0.3, -0.25) is 9.59 Å². The van der Waals surface area contributed by atoms with E-state index in [9.17, 15) is 9.59 Å². The molecule has 1 atom stereocenters. The molecular formula is C19H28ClN3O2. The SMILES string of the molecule is Cl.O=C(CC1NCCN(CC2CCC2)C1=O)NCCc1ccccc1. The van der Waals surface area contributed by atoms with Crippen LogP contribution in [-0.4, -0.2) is 48.9 Å². The summed E-state index contributed by atoms with van der Waals surface area (Å²) in [5.41, 5.74) is 1.20. The summed E-state index contributed by atoms with van der Waals surface area (Å²) in [6, 6.07) is 9.72. The third-order valence-electron chi connectivity index (χ3n) is 5.05. The number of carbonyl (C=O) groups excluding carboxylic acids is 2. The normalized spacial score (nSPS) is 20.6. The van der Waals surface area contributed by atoms with Crippen LogP contribution in [0.2, 0.25) is 0 Å². The Kier molecular flexibility index (Phi) is 7.72. The Labute approximate surface area is 155 Å². The number of carbonyl (C=O) groups is 2. The summed E-state index contributed by atoms with van der Waals surface area (Å²) in [6.07, 6.45) is 4.81. The Morgan fingerprint density at radius 3 is 2.68 bits per heavy atom. The molecule has 1 saturated carbocycles. The molecule has 138 valence electrons. The van der Waals surface area contributed by atoms with Gasteiger partial charge in [-0.15, -0.1) is 12.4 Å².